The Morgan fingerprint density at radius 2 is 1.80 bits per heavy atom. The van der Waals surface area contributed by atoms with E-state index in [1.165, 1.54) is 6.92 Å². The van der Waals surface area contributed by atoms with Crippen LogP contribution in [0.3, 0.4) is 0 Å². The molecule has 1 fully saturated rings. The molecule has 0 aromatic carbocycles. The van der Waals surface area contributed by atoms with Crippen molar-refractivity contribution in [2.75, 3.05) is 5.43 Å². The molecular weight excluding hydrogens is 257 g/mol. The van der Waals surface area contributed by atoms with Crippen LogP contribution in [0.25, 0.3) is 0 Å². The Morgan fingerprint density at radius 1 is 1.20 bits per heavy atom. The standard InChI is InChI=1S/C13H20BN3O3/c1-9(18)16-17-11-7-6-10(8-15-11)14-19-12(2,3)13(4,5)20-14/h6-8H,1-5H3,(H,15,17)(H,16,18). The summed E-state index contributed by atoms with van der Waals surface area (Å²) in [6, 6.07) is 3.62. The van der Waals surface area contributed by atoms with Crippen LogP contribution in [0.1, 0.15) is 34.6 Å². The van der Waals surface area contributed by atoms with Crippen LogP contribution in [0, 0.1) is 0 Å². The van der Waals surface area contributed by atoms with Gasteiger partial charge in [0.2, 0.25) is 5.91 Å². The molecule has 1 aliphatic heterocycles. The molecule has 2 heterocycles. The van der Waals surface area contributed by atoms with Gasteiger partial charge in [-0.05, 0) is 33.8 Å². The second-order valence-corrected chi connectivity index (χ2v) is 5.87. The van der Waals surface area contributed by atoms with E-state index in [1.807, 2.05) is 33.8 Å². The third-order valence-corrected chi connectivity index (χ3v) is 3.68. The van der Waals surface area contributed by atoms with Gasteiger partial charge in [-0.3, -0.25) is 15.6 Å². The van der Waals surface area contributed by atoms with Gasteiger partial charge in [0.1, 0.15) is 5.82 Å². The lowest BCUT2D eigenvalue weighted by Gasteiger charge is -2.32. The zero-order chi connectivity index (χ0) is 15.0. The highest BCUT2D eigenvalue weighted by molar-refractivity contribution is 6.62. The van der Waals surface area contributed by atoms with Gasteiger partial charge in [0.25, 0.3) is 0 Å². The molecule has 0 radical (unpaired) electrons. The highest BCUT2D eigenvalue weighted by Gasteiger charge is 2.51. The Kier molecular flexibility index (Phi) is 3.75. The first kappa shape index (κ1) is 14.8. The molecule has 1 saturated heterocycles. The fraction of sp³-hybridized carbons (Fsp3) is 0.538. The predicted octanol–water partition coefficient (Wildman–Crippen LogP) is 0.844. The van der Waals surface area contributed by atoms with E-state index < -0.39 is 7.12 Å². The third kappa shape index (κ3) is 2.94. The number of carbonyl (C=O) groups excluding carboxylic acids is 1. The van der Waals surface area contributed by atoms with Crippen molar-refractivity contribution >= 4 is 24.3 Å². The summed E-state index contributed by atoms with van der Waals surface area (Å²) in [6.45, 7) is 9.45. The number of hydrogen-bond donors (Lipinski definition) is 2. The molecule has 0 bridgehead atoms. The third-order valence-electron chi connectivity index (χ3n) is 3.68. The Hall–Kier alpha value is -1.60. The minimum atomic E-state index is -0.428. The van der Waals surface area contributed by atoms with E-state index in [0.717, 1.165) is 5.46 Å². The lowest BCUT2D eigenvalue weighted by Crippen LogP contribution is -2.41. The van der Waals surface area contributed by atoms with Crippen molar-refractivity contribution in [2.24, 2.45) is 0 Å². The minimum Gasteiger partial charge on any atom is -0.399 e. The van der Waals surface area contributed by atoms with E-state index >= 15 is 0 Å². The summed E-state index contributed by atoms with van der Waals surface area (Å²) in [6.07, 6.45) is 1.67. The number of aromatic nitrogens is 1. The molecule has 1 aromatic heterocycles. The number of hydrazine groups is 1. The maximum Gasteiger partial charge on any atom is 0.496 e. The molecule has 108 valence electrons. The number of anilines is 1. The molecule has 1 aliphatic rings. The molecule has 0 saturated carbocycles. The molecule has 20 heavy (non-hydrogen) atoms. The molecule has 0 atom stereocenters. The van der Waals surface area contributed by atoms with Crippen LogP contribution in [0.4, 0.5) is 5.82 Å². The molecule has 6 nitrogen and oxygen atoms in total. The van der Waals surface area contributed by atoms with Gasteiger partial charge in [0.15, 0.2) is 0 Å². The predicted molar refractivity (Wildman–Crippen MR) is 77.4 cm³/mol. The average Bonchev–Trinajstić information content (AvgIpc) is 2.56. The molecule has 0 unspecified atom stereocenters. The van der Waals surface area contributed by atoms with E-state index in [-0.39, 0.29) is 17.1 Å². The maximum absolute atomic E-state index is 10.8. The molecule has 0 aliphatic carbocycles. The summed E-state index contributed by atoms with van der Waals surface area (Å²) in [5.74, 6) is 0.377. The van der Waals surface area contributed by atoms with Gasteiger partial charge in [-0.15, -0.1) is 0 Å². The summed E-state index contributed by atoms with van der Waals surface area (Å²) >= 11 is 0. The van der Waals surface area contributed by atoms with Crippen molar-refractivity contribution in [3.63, 3.8) is 0 Å². The maximum atomic E-state index is 10.8. The average molecular weight is 277 g/mol. The highest BCUT2D eigenvalue weighted by atomic mass is 16.7. The molecule has 2 rings (SSSR count). The molecule has 7 heteroatoms. The fourth-order valence-corrected chi connectivity index (χ4v) is 1.75. The van der Waals surface area contributed by atoms with E-state index in [1.54, 1.807) is 12.3 Å². The fourth-order valence-electron chi connectivity index (χ4n) is 1.75. The number of hydrogen-bond acceptors (Lipinski definition) is 5. The van der Waals surface area contributed by atoms with Gasteiger partial charge in [-0.1, -0.05) is 6.07 Å². The summed E-state index contributed by atoms with van der Waals surface area (Å²) in [5.41, 5.74) is 5.27. The lowest BCUT2D eigenvalue weighted by molar-refractivity contribution is -0.118. The van der Waals surface area contributed by atoms with Crippen molar-refractivity contribution < 1.29 is 14.1 Å². The van der Waals surface area contributed by atoms with Crippen molar-refractivity contribution in [1.82, 2.24) is 10.4 Å². The van der Waals surface area contributed by atoms with E-state index in [4.69, 9.17) is 9.31 Å². The highest BCUT2D eigenvalue weighted by Crippen LogP contribution is 2.36. The number of nitrogens with zero attached hydrogens (tertiary/aromatic N) is 1. The number of carbonyl (C=O) groups is 1. The summed E-state index contributed by atoms with van der Waals surface area (Å²) < 4.78 is 11.9. The first-order valence-corrected chi connectivity index (χ1v) is 6.55. The quantitative estimate of drug-likeness (QED) is 0.633. The van der Waals surface area contributed by atoms with Crippen molar-refractivity contribution in [3.05, 3.63) is 18.3 Å². The molecule has 0 spiro atoms. The van der Waals surface area contributed by atoms with Gasteiger partial charge < -0.3 is 9.31 Å². The monoisotopic (exact) mass is 277 g/mol. The van der Waals surface area contributed by atoms with Crippen molar-refractivity contribution in [2.45, 2.75) is 45.8 Å². The lowest BCUT2D eigenvalue weighted by atomic mass is 9.80. The summed E-state index contributed by atoms with van der Waals surface area (Å²) in [7, 11) is -0.428. The summed E-state index contributed by atoms with van der Waals surface area (Å²) in [4.78, 5) is 15.0. The van der Waals surface area contributed by atoms with Crippen LogP contribution >= 0.6 is 0 Å². The van der Waals surface area contributed by atoms with Crippen LogP contribution in [0.5, 0.6) is 0 Å². The van der Waals surface area contributed by atoms with Gasteiger partial charge in [0.05, 0.1) is 11.2 Å². The van der Waals surface area contributed by atoms with Crippen molar-refractivity contribution in [3.8, 4) is 0 Å². The number of rotatable bonds is 3. The van der Waals surface area contributed by atoms with Crippen LogP contribution in [0.15, 0.2) is 18.3 Å². The van der Waals surface area contributed by atoms with Crippen LogP contribution in [-0.2, 0) is 14.1 Å². The topological polar surface area (TPSA) is 72.5 Å². The van der Waals surface area contributed by atoms with Gasteiger partial charge in [0, 0.05) is 18.6 Å². The first-order valence-electron chi connectivity index (χ1n) is 6.55. The van der Waals surface area contributed by atoms with E-state index in [9.17, 15) is 4.79 Å². The van der Waals surface area contributed by atoms with Gasteiger partial charge in [-0.2, -0.15) is 0 Å². The van der Waals surface area contributed by atoms with Crippen LogP contribution in [-0.4, -0.2) is 29.2 Å². The smallest absolute Gasteiger partial charge is 0.399 e. The Morgan fingerprint density at radius 3 is 2.25 bits per heavy atom. The summed E-state index contributed by atoms with van der Waals surface area (Å²) in [5, 5.41) is 0. The zero-order valence-corrected chi connectivity index (χ0v) is 12.5. The number of pyridine rings is 1. The first-order chi connectivity index (χ1) is 9.21. The Balaban J connectivity index is 2.06. The molecule has 1 aromatic rings. The minimum absolute atomic E-state index is 0.179. The number of nitrogens with one attached hydrogen (secondary N) is 2. The molecule has 1 amide bonds. The second-order valence-electron chi connectivity index (χ2n) is 5.87. The second kappa shape index (κ2) is 5.07. The van der Waals surface area contributed by atoms with Crippen LogP contribution < -0.4 is 16.3 Å². The van der Waals surface area contributed by atoms with Crippen LogP contribution in [0.2, 0.25) is 0 Å². The zero-order valence-electron chi connectivity index (χ0n) is 12.5. The van der Waals surface area contributed by atoms with E-state index in [2.05, 4.69) is 15.8 Å². The molecule has 2 N–H and O–H groups in total. The number of amides is 1. The Labute approximate surface area is 119 Å². The SMILES string of the molecule is CC(=O)NNc1ccc(B2OC(C)(C)C(C)(C)O2)cn1. The van der Waals surface area contributed by atoms with E-state index in [0.29, 0.717) is 5.82 Å². The normalized spacial score (nSPS) is 19.8. The van der Waals surface area contributed by atoms with Gasteiger partial charge in [-0.25, -0.2) is 4.98 Å². The van der Waals surface area contributed by atoms with Gasteiger partial charge >= 0.3 is 7.12 Å². The Bertz CT molecular complexity index is 486. The largest absolute Gasteiger partial charge is 0.496 e. The van der Waals surface area contributed by atoms with Crippen molar-refractivity contribution in [1.29, 1.82) is 0 Å². The molecular formula is C13H20BN3O3.